The van der Waals surface area contributed by atoms with E-state index in [-0.39, 0.29) is 0 Å². The third kappa shape index (κ3) is 1.37. The first-order chi connectivity index (χ1) is 7.18. The van der Waals surface area contributed by atoms with Crippen LogP contribution in [0.1, 0.15) is 24.1 Å². The summed E-state index contributed by atoms with van der Waals surface area (Å²) in [5.41, 5.74) is 3.43. The maximum absolute atomic E-state index is 6.31. The molecule has 1 aromatic heterocycles. The molecular weight excluding hydrogens is 229 g/mol. The van der Waals surface area contributed by atoms with E-state index < -0.39 is 4.33 Å². The molecule has 0 fully saturated rings. The van der Waals surface area contributed by atoms with Crippen molar-refractivity contribution in [2.24, 2.45) is 0 Å². The second-order valence-corrected chi connectivity index (χ2v) is 5.57. The number of H-pyrrole nitrogens is 1. The molecule has 15 heavy (non-hydrogen) atoms. The van der Waals surface area contributed by atoms with Crippen LogP contribution in [0.25, 0.3) is 10.9 Å². The number of para-hydroxylation sites is 1. The molecule has 1 heterocycles. The Morgan fingerprint density at radius 3 is 2.87 bits per heavy atom. The molecule has 0 bridgehead atoms. The number of aryl methyl sites for hydroxylation is 1. The summed E-state index contributed by atoms with van der Waals surface area (Å²) in [5.74, 6) is 0. The van der Waals surface area contributed by atoms with Crippen molar-refractivity contribution in [3.63, 3.8) is 0 Å². The van der Waals surface area contributed by atoms with E-state index in [1.807, 2.05) is 6.07 Å². The largest absolute Gasteiger partial charge is 0.356 e. The second kappa shape index (κ2) is 3.16. The Labute approximate surface area is 98.4 Å². The molecule has 0 radical (unpaired) electrons. The minimum atomic E-state index is -0.730. The van der Waals surface area contributed by atoms with Crippen molar-refractivity contribution in [2.75, 3.05) is 0 Å². The van der Waals surface area contributed by atoms with Gasteiger partial charge in [0.05, 0.1) is 5.69 Å². The Bertz CT molecular complexity index is 513. The van der Waals surface area contributed by atoms with Crippen molar-refractivity contribution in [3.05, 3.63) is 35.5 Å². The predicted molar refractivity (Wildman–Crippen MR) is 64.6 cm³/mol. The van der Waals surface area contributed by atoms with Crippen LogP contribution in [-0.2, 0) is 10.8 Å². The normalized spacial score (nSPS) is 19.1. The van der Waals surface area contributed by atoms with Crippen LogP contribution in [0.4, 0.5) is 0 Å². The summed E-state index contributed by atoms with van der Waals surface area (Å²) in [6, 6.07) is 8.26. The first kappa shape index (κ1) is 9.56. The van der Waals surface area contributed by atoms with Gasteiger partial charge in [0, 0.05) is 10.9 Å². The van der Waals surface area contributed by atoms with Crippen molar-refractivity contribution in [2.45, 2.75) is 23.6 Å². The number of alkyl halides is 2. The maximum Gasteiger partial charge on any atom is 0.158 e. The van der Waals surface area contributed by atoms with Crippen molar-refractivity contribution in [1.82, 2.24) is 4.98 Å². The highest BCUT2D eigenvalue weighted by Gasteiger charge is 2.34. The molecule has 0 saturated heterocycles. The van der Waals surface area contributed by atoms with Crippen molar-refractivity contribution < 1.29 is 0 Å². The number of aromatic nitrogens is 1. The summed E-state index contributed by atoms with van der Waals surface area (Å²) in [4.78, 5) is 3.34. The Morgan fingerprint density at radius 1 is 1.20 bits per heavy atom. The molecule has 0 spiro atoms. The molecule has 2 aromatic rings. The van der Waals surface area contributed by atoms with Crippen LogP contribution >= 0.6 is 23.2 Å². The molecule has 1 aromatic carbocycles. The van der Waals surface area contributed by atoms with E-state index in [4.69, 9.17) is 23.2 Å². The number of benzene rings is 1. The lowest BCUT2D eigenvalue weighted by Gasteiger charge is -2.24. The minimum absolute atomic E-state index is 0.730. The SMILES string of the molecule is ClC1(Cl)CCCc2c1[nH]c1ccccc21. The zero-order chi connectivity index (χ0) is 10.5. The lowest BCUT2D eigenvalue weighted by molar-refractivity contribution is 0.617. The van der Waals surface area contributed by atoms with Gasteiger partial charge in [0.25, 0.3) is 0 Å². The molecule has 0 amide bonds. The van der Waals surface area contributed by atoms with Gasteiger partial charge in [-0.15, -0.1) is 0 Å². The molecule has 1 nitrogen and oxygen atoms in total. The van der Waals surface area contributed by atoms with E-state index in [0.717, 1.165) is 30.5 Å². The standard InChI is InChI=1S/C12H11Cl2N/c13-12(14)7-3-5-9-8-4-1-2-6-10(8)15-11(9)12/h1-2,4,6,15H,3,5,7H2. The molecule has 1 aliphatic carbocycles. The minimum Gasteiger partial charge on any atom is -0.356 e. The molecule has 0 aliphatic heterocycles. The second-order valence-electron chi connectivity index (χ2n) is 4.08. The Kier molecular flexibility index (Phi) is 2.02. The van der Waals surface area contributed by atoms with Crippen molar-refractivity contribution in [1.29, 1.82) is 0 Å². The van der Waals surface area contributed by atoms with E-state index >= 15 is 0 Å². The van der Waals surface area contributed by atoms with Gasteiger partial charge < -0.3 is 4.98 Å². The van der Waals surface area contributed by atoms with Crippen LogP contribution in [0, 0.1) is 0 Å². The van der Waals surface area contributed by atoms with E-state index in [9.17, 15) is 0 Å². The fourth-order valence-electron chi connectivity index (χ4n) is 2.38. The van der Waals surface area contributed by atoms with Crippen molar-refractivity contribution >= 4 is 34.1 Å². The zero-order valence-corrected chi connectivity index (χ0v) is 9.70. The summed E-state index contributed by atoms with van der Waals surface area (Å²) in [7, 11) is 0. The van der Waals surface area contributed by atoms with E-state index in [1.165, 1.54) is 10.9 Å². The quantitative estimate of drug-likeness (QED) is 0.666. The topological polar surface area (TPSA) is 15.8 Å². The number of nitrogens with one attached hydrogen (secondary N) is 1. The monoisotopic (exact) mass is 239 g/mol. The summed E-state index contributed by atoms with van der Waals surface area (Å²) in [6.07, 6.45) is 2.96. The highest BCUT2D eigenvalue weighted by Crippen LogP contribution is 2.45. The maximum atomic E-state index is 6.31. The van der Waals surface area contributed by atoms with Crippen LogP contribution < -0.4 is 0 Å². The van der Waals surface area contributed by atoms with Crippen LogP contribution in [-0.4, -0.2) is 4.98 Å². The van der Waals surface area contributed by atoms with Crippen LogP contribution in [0.2, 0.25) is 0 Å². The Morgan fingerprint density at radius 2 is 2.00 bits per heavy atom. The molecule has 78 valence electrons. The van der Waals surface area contributed by atoms with Gasteiger partial charge in [0.1, 0.15) is 0 Å². The molecule has 3 rings (SSSR count). The van der Waals surface area contributed by atoms with Gasteiger partial charge in [-0.05, 0) is 30.9 Å². The number of aromatic amines is 1. The first-order valence-corrected chi connectivity index (χ1v) is 5.92. The van der Waals surface area contributed by atoms with Crippen LogP contribution in [0.15, 0.2) is 24.3 Å². The number of halogens is 2. The van der Waals surface area contributed by atoms with Gasteiger partial charge >= 0.3 is 0 Å². The molecule has 0 atom stereocenters. The van der Waals surface area contributed by atoms with Gasteiger partial charge in [-0.1, -0.05) is 41.4 Å². The van der Waals surface area contributed by atoms with Crippen LogP contribution in [0.3, 0.4) is 0 Å². The summed E-state index contributed by atoms with van der Waals surface area (Å²) in [5, 5.41) is 1.26. The summed E-state index contributed by atoms with van der Waals surface area (Å²) in [6.45, 7) is 0. The van der Waals surface area contributed by atoms with Gasteiger partial charge in [0.2, 0.25) is 0 Å². The first-order valence-electron chi connectivity index (χ1n) is 5.16. The fourth-order valence-corrected chi connectivity index (χ4v) is 2.97. The molecular formula is C12H11Cl2N. The lowest BCUT2D eigenvalue weighted by atomic mass is 9.95. The van der Waals surface area contributed by atoms with Gasteiger partial charge in [-0.2, -0.15) is 0 Å². The highest BCUT2D eigenvalue weighted by atomic mass is 35.5. The smallest absolute Gasteiger partial charge is 0.158 e. The van der Waals surface area contributed by atoms with Gasteiger partial charge in [-0.3, -0.25) is 0 Å². The third-order valence-electron chi connectivity index (χ3n) is 3.10. The van der Waals surface area contributed by atoms with Crippen molar-refractivity contribution in [3.8, 4) is 0 Å². The number of hydrogen-bond acceptors (Lipinski definition) is 0. The third-order valence-corrected chi connectivity index (χ3v) is 3.85. The number of rotatable bonds is 0. The van der Waals surface area contributed by atoms with E-state index in [0.29, 0.717) is 0 Å². The van der Waals surface area contributed by atoms with Gasteiger partial charge in [0.15, 0.2) is 4.33 Å². The van der Waals surface area contributed by atoms with E-state index in [1.54, 1.807) is 0 Å². The summed E-state index contributed by atoms with van der Waals surface area (Å²) >= 11 is 12.6. The summed E-state index contributed by atoms with van der Waals surface area (Å²) < 4.78 is -0.730. The molecule has 3 heteroatoms. The predicted octanol–water partition coefficient (Wildman–Crippen LogP) is 4.13. The van der Waals surface area contributed by atoms with Gasteiger partial charge in [-0.25, -0.2) is 0 Å². The zero-order valence-electron chi connectivity index (χ0n) is 8.19. The molecule has 1 N–H and O–H groups in total. The Hall–Kier alpha value is -0.660. The van der Waals surface area contributed by atoms with E-state index in [2.05, 4.69) is 23.2 Å². The fraction of sp³-hybridized carbons (Fsp3) is 0.333. The lowest BCUT2D eigenvalue weighted by Crippen LogP contribution is -2.18. The molecule has 1 aliphatic rings. The highest BCUT2D eigenvalue weighted by molar-refractivity contribution is 6.48. The van der Waals surface area contributed by atoms with Crippen LogP contribution in [0.5, 0.6) is 0 Å². The Balaban J connectivity index is 2.34. The number of fused-ring (bicyclic) bond motifs is 3. The molecule has 0 saturated carbocycles. The number of hydrogen-bond donors (Lipinski definition) is 1. The average molecular weight is 240 g/mol. The molecule has 0 unspecified atom stereocenters. The average Bonchev–Trinajstić information content (AvgIpc) is 2.58.